The molecular formula is C23H31ClN2O5. The van der Waals surface area contributed by atoms with Crippen molar-refractivity contribution in [2.75, 3.05) is 33.9 Å². The molecule has 31 heavy (non-hydrogen) atoms. The summed E-state index contributed by atoms with van der Waals surface area (Å²) in [5.41, 5.74) is 0.680. The molecule has 2 saturated heterocycles. The zero-order valence-corrected chi connectivity index (χ0v) is 19.4. The van der Waals surface area contributed by atoms with E-state index in [0.717, 1.165) is 19.3 Å². The standard InChI is InChI=1S/C23H31ClN2O5/c1-15(2)13-18-14-31-23(28)26(18)17-9-11-25(12-10-17)20(27)8-6-16-5-7-19(29-3)22(30-4)21(16)24/h5-8,15,17-18H,9-14H2,1-4H3/b8-6+/t18-/m0/s1. The summed E-state index contributed by atoms with van der Waals surface area (Å²) in [6.45, 7) is 5.97. The number of cyclic esters (lactones) is 1. The third-order valence-electron chi connectivity index (χ3n) is 5.84. The van der Waals surface area contributed by atoms with Gasteiger partial charge < -0.3 is 19.1 Å². The van der Waals surface area contributed by atoms with Gasteiger partial charge in [-0.05, 0) is 49.0 Å². The van der Waals surface area contributed by atoms with Crippen molar-refractivity contribution in [3.8, 4) is 11.5 Å². The second-order valence-electron chi connectivity index (χ2n) is 8.36. The van der Waals surface area contributed by atoms with Gasteiger partial charge in [0.05, 0.1) is 25.3 Å². The number of halogens is 1. The van der Waals surface area contributed by atoms with Crippen molar-refractivity contribution in [3.05, 3.63) is 28.8 Å². The summed E-state index contributed by atoms with van der Waals surface area (Å²) < 4.78 is 15.8. The van der Waals surface area contributed by atoms with E-state index in [2.05, 4.69) is 13.8 Å². The summed E-state index contributed by atoms with van der Waals surface area (Å²) in [7, 11) is 3.07. The van der Waals surface area contributed by atoms with E-state index in [4.69, 9.17) is 25.8 Å². The number of benzene rings is 1. The van der Waals surface area contributed by atoms with Gasteiger partial charge in [-0.25, -0.2) is 4.79 Å². The van der Waals surface area contributed by atoms with Crippen LogP contribution >= 0.6 is 11.6 Å². The first kappa shape index (κ1) is 23.3. The van der Waals surface area contributed by atoms with E-state index in [1.807, 2.05) is 4.90 Å². The highest BCUT2D eigenvalue weighted by atomic mass is 35.5. The molecule has 0 unspecified atom stereocenters. The Bertz CT molecular complexity index is 834. The van der Waals surface area contributed by atoms with E-state index in [9.17, 15) is 9.59 Å². The zero-order chi connectivity index (χ0) is 22.5. The molecule has 0 radical (unpaired) electrons. The SMILES string of the molecule is COc1ccc(/C=C/C(=O)N2CCC(N3C(=O)OC[C@@H]3CC(C)C)CC2)c(Cl)c1OC. The summed E-state index contributed by atoms with van der Waals surface area (Å²) in [6.07, 6.45) is 5.42. The molecule has 8 heteroatoms. The molecule has 1 aromatic rings. The van der Waals surface area contributed by atoms with Crippen molar-refractivity contribution in [1.82, 2.24) is 9.80 Å². The number of methoxy groups -OCH3 is 2. The van der Waals surface area contributed by atoms with E-state index >= 15 is 0 Å². The van der Waals surface area contributed by atoms with Crippen molar-refractivity contribution >= 4 is 29.7 Å². The number of hydrogen-bond acceptors (Lipinski definition) is 5. The van der Waals surface area contributed by atoms with Gasteiger partial charge in [-0.15, -0.1) is 0 Å². The van der Waals surface area contributed by atoms with Gasteiger partial charge in [-0.1, -0.05) is 25.4 Å². The summed E-state index contributed by atoms with van der Waals surface area (Å²) in [5.74, 6) is 1.39. The Morgan fingerprint density at radius 2 is 1.97 bits per heavy atom. The second-order valence-corrected chi connectivity index (χ2v) is 8.74. The summed E-state index contributed by atoms with van der Waals surface area (Å²) in [6, 6.07) is 3.79. The highest BCUT2D eigenvalue weighted by molar-refractivity contribution is 6.33. The number of carbonyl (C=O) groups excluding carboxylic acids is 2. The molecule has 2 heterocycles. The number of ether oxygens (including phenoxy) is 3. The fourth-order valence-corrected chi connectivity index (χ4v) is 4.60. The van der Waals surface area contributed by atoms with Gasteiger partial charge in [-0.2, -0.15) is 0 Å². The third-order valence-corrected chi connectivity index (χ3v) is 6.23. The maximum absolute atomic E-state index is 12.7. The van der Waals surface area contributed by atoms with Crippen LogP contribution in [-0.2, 0) is 9.53 Å². The maximum Gasteiger partial charge on any atom is 0.410 e. The van der Waals surface area contributed by atoms with Gasteiger partial charge in [0.25, 0.3) is 0 Å². The third kappa shape index (κ3) is 5.26. The lowest BCUT2D eigenvalue weighted by molar-refractivity contribution is -0.127. The molecule has 2 aliphatic rings. The van der Waals surface area contributed by atoms with Crippen molar-refractivity contribution < 1.29 is 23.8 Å². The summed E-state index contributed by atoms with van der Waals surface area (Å²) in [5, 5.41) is 0.397. The van der Waals surface area contributed by atoms with Gasteiger partial charge in [-0.3, -0.25) is 9.69 Å². The lowest BCUT2D eigenvalue weighted by Gasteiger charge is -2.37. The predicted molar refractivity (Wildman–Crippen MR) is 120 cm³/mol. The van der Waals surface area contributed by atoms with Crippen LogP contribution in [0.3, 0.4) is 0 Å². The number of amides is 2. The molecular weight excluding hydrogens is 420 g/mol. The Balaban J connectivity index is 1.60. The number of nitrogens with zero attached hydrogens (tertiary/aromatic N) is 2. The Morgan fingerprint density at radius 1 is 1.26 bits per heavy atom. The number of carbonyl (C=O) groups is 2. The van der Waals surface area contributed by atoms with Crippen molar-refractivity contribution in [2.45, 2.75) is 45.2 Å². The molecule has 2 fully saturated rings. The van der Waals surface area contributed by atoms with Crippen molar-refractivity contribution in [3.63, 3.8) is 0 Å². The molecule has 0 saturated carbocycles. The first-order chi connectivity index (χ1) is 14.8. The lowest BCUT2D eigenvalue weighted by atomic mass is 9.98. The van der Waals surface area contributed by atoms with Gasteiger partial charge in [0.2, 0.25) is 5.91 Å². The van der Waals surface area contributed by atoms with Crippen LogP contribution in [0.2, 0.25) is 5.02 Å². The van der Waals surface area contributed by atoms with Gasteiger partial charge in [0.1, 0.15) is 6.61 Å². The predicted octanol–water partition coefficient (Wildman–Crippen LogP) is 4.23. The minimum Gasteiger partial charge on any atom is -0.493 e. The molecule has 1 atom stereocenters. The molecule has 0 bridgehead atoms. The Kier molecular flexibility index (Phi) is 7.70. The van der Waals surface area contributed by atoms with Crippen LogP contribution in [0.5, 0.6) is 11.5 Å². The van der Waals surface area contributed by atoms with Crippen LogP contribution in [0.1, 0.15) is 38.7 Å². The molecule has 0 spiro atoms. The largest absolute Gasteiger partial charge is 0.493 e. The first-order valence-corrected chi connectivity index (χ1v) is 11.1. The van der Waals surface area contributed by atoms with Crippen LogP contribution in [0.15, 0.2) is 18.2 Å². The minimum atomic E-state index is -0.224. The number of rotatable bonds is 7. The molecule has 2 amide bonds. The number of likely N-dealkylation sites (tertiary alicyclic amines) is 1. The van der Waals surface area contributed by atoms with E-state index in [-0.39, 0.29) is 24.1 Å². The van der Waals surface area contributed by atoms with Crippen molar-refractivity contribution in [1.29, 1.82) is 0 Å². The normalized spacial score (nSPS) is 19.9. The van der Waals surface area contributed by atoms with Crippen LogP contribution in [0.25, 0.3) is 6.08 Å². The molecule has 0 aliphatic carbocycles. The molecule has 7 nitrogen and oxygen atoms in total. The maximum atomic E-state index is 12.7. The zero-order valence-electron chi connectivity index (χ0n) is 18.6. The minimum absolute atomic E-state index is 0.0768. The van der Waals surface area contributed by atoms with Gasteiger partial charge in [0, 0.05) is 25.2 Å². The molecule has 3 rings (SSSR count). The lowest BCUT2D eigenvalue weighted by Crippen LogP contribution is -2.49. The van der Waals surface area contributed by atoms with Crippen LogP contribution < -0.4 is 9.47 Å². The van der Waals surface area contributed by atoms with E-state index in [1.54, 1.807) is 30.2 Å². The Morgan fingerprint density at radius 3 is 2.58 bits per heavy atom. The average Bonchev–Trinajstić information content (AvgIpc) is 3.11. The van der Waals surface area contributed by atoms with Gasteiger partial charge in [0.15, 0.2) is 11.5 Å². The monoisotopic (exact) mass is 450 g/mol. The van der Waals surface area contributed by atoms with Gasteiger partial charge >= 0.3 is 6.09 Å². The van der Waals surface area contributed by atoms with E-state index < -0.39 is 0 Å². The highest BCUT2D eigenvalue weighted by Gasteiger charge is 2.39. The van der Waals surface area contributed by atoms with Crippen LogP contribution in [0, 0.1) is 5.92 Å². The number of piperidine rings is 1. The molecule has 1 aromatic carbocycles. The second kappa shape index (κ2) is 10.3. The number of hydrogen-bond donors (Lipinski definition) is 0. The smallest absolute Gasteiger partial charge is 0.410 e. The summed E-state index contributed by atoms with van der Waals surface area (Å²) >= 11 is 6.39. The average molecular weight is 451 g/mol. The molecule has 0 aromatic heterocycles. The quantitative estimate of drug-likeness (QED) is 0.581. The molecule has 0 N–H and O–H groups in total. The Labute approximate surface area is 188 Å². The van der Waals surface area contributed by atoms with E-state index in [1.165, 1.54) is 13.2 Å². The molecule has 2 aliphatic heterocycles. The first-order valence-electron chi connectivity index (χ1n) is 10.7. The topological polar surface area (TPSA) is 68.3 Å². The fourth-order valence-electron chi connectivity index (χ4n) is 4.31. The Hall–Kier alpha value is -2.41. The summed E-state index contributed by atoms with van der Waals surface area (Å²) in [4.78, 5) is 28.7. The van der Waals surface area contributed by atoms with Crippen molar-refractivity contribution in [2.24, 2.45) is 5.92 Å². The van der Waals surface area contributed by atoms with E-state index in [0.29, 0.717) is 47.7 Å². The van der Waals surface area contributed by atoms with Crippen LogP contribution in [-0.4, -0.2) is 67.8 Å². The van der Waals surface area contributed by atoms with Crippen LogP contribution in [0.4, 0.5) is 4.79 Å². The fraction of sp³-hybridized carbons (Fsp3) is 0.565. The highest BCUT2D eigenvalue weighted by Crippen LogP contribution is 2.37. The molecule has 170 valence electrons.